The number of fused-ring (bicyclic) bond motifs is 5. The fourth-order valence-corrected chi connectivity index (χ4v) is 8.82. The summed E-state index contributed by atoms with van der Waals surface area (Å²) in [6.45, 7) is 7.29. The number of ether oxygens (including phenoxy) is 1. The number of methoxy groups -OCH3 is 1. The molecule has 29 heavy (non-hydrogen) atoms. The topological polar surface area (TPSA) is 66.8 Å². The van der Waals surface area contributed by atoms with Crippen LogP contribution in [0.3, 0.4) is 0 Å². The van der Waals surface area contributed by atoms with Gasteiger partial charge in [0, 0.05) is 6.42 Å². The summed E-state index contributed by atoms with van der Waals surface area (Å²) in [5, 5.41) is 21.5. The second kappa shape index (κ2) is 7.82. The highest BCUT2D eigenvalue weighted by molar-refractivity contribution is 5.69. The fourth-order valence-electron chi connectivity index (χ4n) is 8.82. The van der Waals surface area contributed by atoms with E-state index in [1.165, 1.54) is 32.8 Å². The Bertz CT molecular complexity index is 620. The van der Waals surface area contributed by atoms with Gasteiger partial charge in [0.15, 0.2) is 0 Å². The number of carbonyl (C=O) groups is 1. The Labute approximate surface area is 176 Å². The summed E-state index contributed by atoms with van der Waals surface area (Å²) >= 11 is 0. The van der Waals surface area contributed by atoms with Crippen molar-refractivity contribution in [3.63, 3.8) is 0 Å². The van der Waals surface area contributed by atoms with Crippen LogP contribution in [0.2, 0.25) is 0 Å². The Balaban J connectivity index is 1.53. The van der Waals surface area contributed by atoms with Gasteiger partial charge in [-0.25, -0.2) is 0 Å². The monoisotopic (exact) mass is 406 g/mol. The standard InChI is InChI=1S/C25H42O4/c1-15(5-8-22(28)29-4)18-6-7-19-23-20(10-12-25(18,19)3)24(2)11-9-17(26)13-16(24)14-21(23)27/h15-21,23,26-27H,5-14H2,1-4H3/t15-,16?,17-,18-,19+,20+,21-,23+,24+,25+/m1/s1. The first-order chi connectivity index (χ1) is 13.7. The van der Waals surface area contributed by atoms with Gasteiger partial charge in [-0.1, -0.05) is 20.8 Å². The first kappa shape index (κ1) is 21.6. The average Bonchev–Trinajstić information content (AvgIpc) is 3.04. The van der Waals surface area contributed by atoms with Gasteiger partial charge in [-0.2, -0.15) is 0 Å². The van der Waals surface area contributed by atoms with Gasteiger partial charge in [-0.15, -0.1) is 0 Å². The lowest BCUT2D eigenvalue weighted by molar-refractivity contribution is -0.174. The molecule has 4 heteroatoms. The van der Waals surface area contributed by atoms with E-state index in [1.807, 2.05) is 0 Å². The maximum Gasteiger partial charge on any atom is 0.305 e. The maximum absolute atomic E-state index is 11.6. The van der Waals surface area contributed by atoms with Crippen LogP contribution in [0, 0.1) is 46.3 Å². The van der Waals surface area contributed by atoms with Crippen LogP contribution in [-0.2, 0) is 9.53 Å². The van der Waals surface area contributed by atoms with Gasteiger partial charge in [0.05, 0.1) is 19.3 Å². The van der Waals surface area contributed by atoms with E-state index in [4.69, 9.17) is 4.74 Å². The molecule has 0 radical (unpaired) electrons. The molecule has 4 saturated carbocycles. The van der Waals surface area contributed by atoms with Crippen molar-refractivity contribution in [2.45, 2.75) is 97.2 Å². The summed E-state index contributed by atoms with van der Waals surface area (Å²) in [4.78, 5) is 11.6. The highest BCUT2D eigenvalue weighted by atomic mass is 16.5. The molecule has 4 nitrogen and oxygen atoms in total. The van der Waals surface area contributed by atoms with E-state index < -0.39 is 0 Å². The SMILES string of the molecule is COC(=O)CC[C@@H](C)[C@H]1CC[C@H]2[C@@H]3[C@H](O)CC4C[C@H](O)CC[C@]4(C)[C@H]3CC[C@@]12C. The molecule has 4 aliphatic rings. The van der Waals surface area contributed by atoms with Crippen molar-refractivity contribution in [2.75, 3.05) is 7.11 Å². The molecule has 4 aliphatic carbocycles. The van der Waals surface area contributed by atoms with E-state index in [1.54, 1.807) is 0 Å². The number of rotatable bonds is 4. The molecule has 0 spiro atoms. The molecule has 0 bridgehead atoms. The Hall–Kier alpha value is -0.610. The molecule has 2 N–H and O–H groups in total. The lowest BCUT2D eigenvalue weighted by atomic mass is 9.43. The van der Waals surface area contributed by atoms with Crippen LogP contribution < -0.4 is 0 Å². The largest absolute Gasteiger partial charge is 0.469 e. The van der Waals surface area contributed by atoms with Gasteiger partial charge in [-0.3, -0.25) is 4.79 Å². The van der Waals surface area contributed by atoms with Crippen molar-refractivity contribution in [3.05, 3.63) is 0 Å². The lowest BCUT2D eigenvalue weighted by Crippen LogP contribution is -2.58. The van der Waals surface area contributed by atoms with Gasteiger partial charge in [0.25, 0.3) is 0 Å². The number of aliphatic hydroxyl groups is 2. The zero-order valence-corrected chi connectivity index (χ0v) is 18.9. The number of hydrogen-bond donors (Lipinski definition) is 2. The number of esters is 1. The van der Waals surface area contributed by atoms with Crippen LogP contribution in [0.4, 0.5) is 0 Å². The molecule has 0 amide bonds. The Kier molecular flexibility index (Phi) is 5.83. The lowest BCUT2D eigenvalue weighted by Gasteiger charge is -2.62. The molecule has 0 heterocycles. The third-order valence-corrected chi connectivity index (χ3v) is 10.4. The average molecular weight is 407 g/mol. The third kappa shape index (κ3) is 3.46. The minimum atomic E-state index is -0.211. The zero-order chi connectivity index (χ0) is 21.0. The van der Waals surface area contributed by atoms with Crippen LogP contribution in [-0.4, -0.2) is 35.5 Å². The molecule has 0 aromatic heterocycles. The van der Waals surface area contributed by atoms with E-state index in [0.29, 0.717) is 47.3 Å². The normalized spacial score (nSPS) is 50.2. The molecular formula is C25H42O4. The van der Waals surface area contributed by atoms with Crippen molar-refractivity contribution in [2.24, 2.45) is 46.3 Å². The van der Waals surface area contributed by atoms with Crippen LogP contribution >= 0.6 is 0 Å². The molecule has 0 saturated heterocycles. The van der Waals surface area contributed by atoms with Crippen molar-refractivity contribution in [3.8, 4) is 0 Å². The Morgan fingerprint density at radius 3 is 2.45 bits per heavy atom. The summed E-state index contributed by atoms with van der Waals surface area (Å²) in [6.07, 6.45) is 9.80. The maximum atomic E-state index is 11.6. The molecule has 0 aliphatic heterocycles. The second-order valence-corrected chi connectivity index (χ2v) is 11.5. The van der Waals surface area contributed by atoms with Crippen molar-refractivity contribution >= 4 is 5.97 Å². The van der Waals surface area contributed by atoms with E-state index in [-0.39, 0.29) is 23.6 Å². The van der Waals surface area contributed by atoms with E-state index >= 15 is 0 Å². The third-order valence-electron chi connectivity index (χ3n) is 10.4. The Morgan fingerprint density at radius 1 is 1.03 bits per heavy atom. The number of hydrogen-bond acceptors (Lipinski definition) is 4. The van der Waals surface area contributed by atoms with Gasteiger partial charge >= 0.3 is 5.97 Å². The molecule has 166 valence electrons. The highest BCUT2D eigenvalue weighted by Gasteiger charge is 2.62. The van der Waals surface area contributed by atoms with Crippen molar-refractivity contribution < 1.29 is 19.7 Å². The van der Waals surface area contributed by atoms with Crippen LogP contribution in [0.5, 0.6) is 0 Å². The minimum Gasteiger partial charge on any atom is -0.469 e. The first-order valence-corrected chi connectivity index (χ1v) is 12.1. The summed E-state index contributed by atoms with van der Waals surface area (Å²) < 4.78 is 4.86. The quantitative estimate of drug-likeness (QED) is 0.671. The minimum absolute atomic E-state index is 0.0959. The summed E-state index contributed by atoms with van der Waals surface area (Å²) in [6, 6.07) is 0. The smallest absolute Gasteiger partial charge is 0.305 e. The van der Waals surface area contributed by atoms with Gasteiger partial charge in [0.1, 0.15) is 0 Å². The fraction of sp³-hybridized carbons (Fsp3) is 0.960. The summed E-state index contributed by atoms with van der Waals surface area (Å²) in [7, 11) is 1.48. The predicted octanol–water partition coefficient (Wildman–Crippen LogP) is 4.57. The predicted molar refractivity (Wildman–Crippen MR) is 113 cm³/mol. The first-order valence-electron chi connectivity index (χ1n) is 12.1. The second-order valence-electron chi connectivity index (χ2n) is 11.5. The number of carbonyl (C=O) groups excluding carboxylic acids is 1. The highest BCUT2D eigenvalue weighted by Crippen LogP contribution is 2.68. The Morgan fingerprint density at radius 2 is 1.72 bits per heavy atom. The van der Waals surface area contributed by atoms with Gasteiger partial charge < -0.3 is 14.9 Å². The van der Waals surface area contributed by atoms with Crippen molar-refractivity contribution in [1.29, 1.82) is 0 Å². The molecule has 0 aromatic carbocycles. The molecule has 4 rings (SSSR count). The summed E-state index contributed by atoms with van der Waals surface area (Å²) in [5.74, 6) is 3.17. The van der Waals surface area contributed by atoms with Gasteiger partial charge in [0.2, 0.25) is 0 Å². The molecule has 4 fully saturated rings. The van der Waals surface area contributed by atoms with Crippen molar-refractivity contribution in [1.82, 2.24) is 0 Å². The number of aliphatic hydroxyl groups excluding tert-OH is 2. The van der Waals surface area contributed by atoms with Crippen LogP contribution in [0.1, 0.15) is 85.0 Å². The molecule has 1 unspecified atom stereocenters. The van der Waals surface area contributed by atoms with E-state index in [2.05, 4.69) is 20.8 Å². The van der Waals surface area contributed by atoms with E-state index in [0.717, 1.165) is 32.1 Å². The molecule has 10 atom stereocenters. The van der Waals surface area contributed by atoms with Crippen LogP contribution in [0.25, 0.3) is 0 Å². The van der Waals surface area contributed by atoms with Crippen LogP contribution in [0.15, 0.2) is 0 Å². The van der Waals surface area contributed by atoms with Gasteiger partial charge in [-0.05, 0) is 104 Å². The van der Waals surface area contributed by atoms with E-state index in [9.17, 15) is 15.0 Å². The molecule has 0 aromatic rings. The zero-order valence-electron chi connectivity index (χ0n) is 18.9. The summed E-state index contributed by atoms with van der Waals surface area (Å²) in [5.41, 5.74) is 0.577. The molecular weight excluding hydrogens is 364 g/mol.